The number of aliphatic hydroxyl groups excluding tert-OH is 1. The lowest BCUT2D eigenvalue weighted by Crippen LogP contribution is -2.29. The van der Waals surface area contributed by atoms with E-state index in [9.17, 15) is 9.90 Å². The van der Waals surface area contributed by atoms with E-state index in [-0.39, 0.29) is 18.0 Å². The topological polar surface area (TPSA) is 55.8 Å². The van der Waals surface area contributed by atoms with Crippen molar-refractivity contribution in [2.75, 3.05) is 13.7 Å². The summed E-state index contributed by atoms with van der Waals surface area (Å²) in [5.74, 6) is -0.229. The maximum atomic E-state index is 11.3. The summed E-state index contributed by atoms with van der Waals surface area (Å²) in [6.07, 6.45) is 2.60. The fourth-order valence-corrected chi connectivity index (χ4v) is 1.44. The molecule has 0 fully saturated rings. The van der Waals surface area contributed by atoms with Crippen LogP contribution in [0.4, 0.5) is 0 Å². The number of hydrogen-bond donors (Lipinski definition) is 1. The van der Waals surface area contributed by atoms with E-state index in [0.717, 1.165) is 12.8 Å². The van der Waals surface area contributed by atoms with Crippen molar-refractivity contribution in [2.24, 2.45) is 0 Å². The van der Waals surface area contributed by atoms with E-state index < -0.39 is 6.10 Å². The molecule has 17 heavy (non-hydrogen) atoms. The summed E-state index contributed by atoms with van der Waals surface area (Å²) in [6, 6.07) is 0. The van der Waals surface area contributed by atoms with Gasteiger partial charge >= 0.3 is 5.97 Å². The number of unbranched alkanes of at least 4 members (excludes halogenated alkanes) is 1. The number of esters is 1. The zero-order valence-corrected chi connectivity index (χ0v) is 11.5. The van der Waals surface area contributed by atoms with Crippen molar-refractivity contribution < 1.29 is 19.4 Å². The van der Waals surface area contributed by atoms with E-state index in [2.05, 4.69) is 0 Å². The molecule has 0 aliphatic carbocycles. The average molecular weight is 246 g/mol. The van der Waals surface area contributed by atoms with Gasteiger partial charge in [-0.3, -0.25) is 4.79 Å². The van der Waals surface area contributed by atoms with E-state index in [1.54, 1.807) is 7.11 Å². The van der Waals surface area contributed by atoms with Crippen molar-refractivity contribution in [1.29, 1.82) is 0 Å². The van der Waals surface area contributed by atoms with Gasteiger partial charge in [0.15, 0.2) is 0 Å². The standard InChI is InChI=1S/C13H26O4/c1-5-6-9-17-12(15)8-7-11(14)10-13(2,3)16-4/h11,14H,5-10H2,1-4H3. The SMILES string of the molecule is CCCCOC(=O)CCC(O)CC(C)(C)OC. The smallest absolute Gasteiger partial charge is 0.305 e. The molecule has 102 valence electrons. The number of aliphatic hydroxyl groups is 1. The van der Waals surface area contributed by atoms with Gasteiger partial charge in [0, 0.05) is 20.0 Å². The first-order valence-electron chi connectivity index (χ1n) is 6.30. The Morgan fingerprint density at radius 2 is 2.06 bits per heavy atom. The van der Waals surface area contributed by atoms with Gasteiger partial charge in [-0.05, 0) is 26.7 Å². The van der Waals surface area contributed by atoms with E-state index in [1.807, 2.05) is 20.8 Å². The van der Waals surface area contributed by atoms with Crippen LogP contribution >= 0.6 is 0 Å². The predicted molar refractivity (Wildman–Crippen MR) is 66.8 cm³/mol. The number of carbonyl (C=O) groups excluding carboxylic acids is 1. The van der Waals surface area contributed by atoms with Crippen LogP contribution in [0.15, 0.2) is 0 Å². The Labute approximate surface area is 104 Å². The summed E-state index contributed by atoms with van der Waals surface area (Å²) in [7, 11) is 1.62. The van der Waals surface area contributed by atoms with Crippen LogP contribution in [0.3, 0.4) is 0 Å². The first-order valence-corrected chi connectivity index (χ1v) is 6.30. The van der Waals surface area contributed by atoms with Gasteiger partial charge in [-0.25, -0.2) is 0 Å². The molecule has 0 saturated carbocycles. The number of hydrogen-bond acceptors (Lipinski definition) is 4. The molecule has 4 nitrogen and oxygen atoms in total. The molecule has 0 heterocycles. The summed E-state index contributed by atoms with van der Waals surface area (Å²) in [4.78, 5) is 11.3. The molecule has 0 saturated heterocycles. The van der Waals surface area contributed by atoms with Crippen molar-refractivity contribution in [2.45, 2.75) is 64.6 Å². The zero-order chi connectivity index (χ0) is 13.3. The lowest BCUT2D eigenvalue weighted by atomic mass is 9.98. The van der Waals surface area contributed by atoms with E-state index in [0.29, 0.717) is 19.4 Å². The molecule has 4 heteroatoms. The third kappa shape index (κ3) is 9.12. The Bertz CT molecular complexity index is 213. The highest BCUT2D eigenvalue weighted by Crippen LogP contribution is 2.18. The maximum Gasteiger partial charge on any atom is 0.305 e. The van der Waals surface area contributed by atoms with Gasteiger partial charge in [0.1, 0.15) is 0 Å². The summed E-state index contributed by atoms with van der Waals surface area (Å²) < 4.78 is 10.2. The minimum atomic E-state index is -0.524. The molecule has 0 rings (SSSR count). The van der Waals surface area contributed by atoms with E-state index in [4.69, 9.17) is 9.47 Å². The van der Waals surface area contributed by atoms with Crippen molar-refractivity contribution in [3.05, 3.63) is 0 Å². The maximum absolute atomic E-state index is 11.3. The number of rotatable bonds is 9. The summed E-state index contributed by atoms with van der Waals surface area (Å²) in [5.41, 5.74) is -0.356. The molecule has 1 unspecified atom stereocenters. The first kappa shape index (κ1) is 16.4. The van der Waals surface area contributed by atoms with E-state index >= 15 is 0 Å². The molecule has 0 aromatic carbocycles. The molecule has 0 aliphatic rings. The van der Waals surface area contributed by atoms with Crippen LogP contribution in [-0.4, -0.2) is 36.5 Å². The molecule has 0 radical (unpaired) electrons. The van der Waals surface area contributed by atoms with Crippen molar-refractivity contribution in [1.82, 2.24) is 0 Å². The van der Waals surface area contributed by atoms with Gasteiger partial charge in [0.2, 0.25) is 0 Å². The van der Waals surface area contributed by atoms with Crippen molar-refractivity contribution >= 4 is 5.97 Å². The minimum Gasteiger partial charge on any atom is -0.466 e. The average Bonchev–Trinajstić information content (AvgIpc) is 2.26. The van der Waals surface area contributed by atoms with Crippen LogP contribution in [0.5, 0.6) is 0 Å². The van der Waals surface area contributed by atoms with Crippen LogP contribution in [0.2, 0.25) is 0 Å². The highest BCUT2D eigenvalue weighted by Gasteiger charge is 2.21. The molecular weight excluding hydrogens is 220 g/mol. The summed E-state index contributed by atoms with van der Waals surface area (Å²) in [5, 5.41) is 9.75. The van der Waals surface area contributed by atoms with Gasteiger partial charge in [-0.1, -0.05) is 13.3 Å². The van der Waals surface area contributed by atoms with Gasteiger partial charge < -0.3 is 14.6 Å². The number of ether oxygens (including phenoxy) is 2. The van der Waals surface area contributed by atoms with Gasteiger partial charge in [-0.2, -0.15) is 0 Å². The molecule has 0 aromatic rings. The lowest BCUT2D eigenvalue weighted by molar-refractivity contribution is -0.144. The molecule has 0 amide bonds. The minimum absolute atomic E-state index is 0.229. The number of carbonyl (C=O) groups is 1. The monoisotopic (exact) mass is 246 g/mol. The highest BCUT2D eigenvalue weighted by molar-refractivity contribution is 5.69. The Balaban J connectivity index is 3.69. The van der Waals surface area contributed by atoms with Gasteiger partial charge in [0.05, 0.1) is 18.3 Å². The first-order chi connectivity index (χ1) is 7.91. The lowest BCUT2D eigenvalue weighted by Gasteiger charge is -2.25. The second kappa shape index (κ2) is 8.48. The molecule has 0 bridgehead atoms. The number of methoxy groups -OCH3 is 1. The third-order valence-corrected chi connectivity index (χ3v) is 2.72. The molecule has 1 atom stereocenters. The Kier molecular flexibility index (Phi) is 8.17. The Morgan fingerprint density at radius 3 is 2.59 bits per heavy atom. The molecule has 0 spiro atoms. The van der Waals surface area contributed by atoms with Gasteiger partial charge in [0.25, 0.3) is 0 Å². The summed E-state index contributed by atoms with van der Waals surface area (Å²) in [6.45, 7) is 6.35. The van der Waals surface area contributed by atoms with Gasteiger partial charge in [-0.15, -0.1) is 0 Å². The Morgan fingerprint density at radius 1 is 1.41 bits per heavy atom. The molecule has 0 aromatic heterocycles. The Hall–Kier alpha value is -0.610. The van der Waals surface area contributed by atoms with Crippen molar-refractivity contribution in [3.8, 4) is 0 Å². The highest BCUT2D eigenvalue weighted by atomic mass is 16.5. The van der Waals surface area contributed by atoms with Crippen LogP contribution in [0, 0.1) is 0 Å². The molecule has 1 N–H and O–H groups in total. The zero-order valence-electron chi connectivity index (χ0n) is 11.5. The fraction of sp³-hybridized carbons (Fsp3) is 0.923. The van der Waals surface area contributed by atoms with Crippen LogP contribution in [-0.2, 0) is 14.3 Å². The fourth-order valence-electron chi connectivity index (χ4n) is 1.44. The van der Waals surface area contributed by atoms with Crippen LogP contribution < -0.4 is 0 Å². The predicted octanol–water partition coefficient (Wildman–Crippen LogP) is 2.29. The van der Waals surface area contributed by atoms with Crippen molar-refractivity contribution in [3.63, 3.8) is 0 Å². The van der Waals surface area contributed by atoms with E-state index in [1.165, 1.54) is 0 Å². The van der Waals surface area contributed by atoms with Crippen LogP contribution in [0.1, 0.15) is 52.9 Å². The largest absolute Gasteiger partial charge is 0.466 e. The molecule has 0 aliphatic heterocycles. The second-order valence-corrected chi connectivity index (χ2v) is 4.93. The normalized spacial score (nSPS) is 13.5. The third-order valence-electron chi connectivity index (χ3n) is 2.72. The second-order valence-electron chi connectivity index (χ2n) is 4.93. The van der Waals surface area contributed by atoms with Crippen LogP contribution in [0.25, 0.3) is 0 Å². The summed E-state index contributed by atoms with van der Waals surface area (Å²) >= 11 is 0. The quantitative estimate of drug-likeness (QED) is 0.501. The molecular formula is C13H26O4.